The van der Waals surface area contributed by atoms with E-state index in [1.807, 2.05) is 42.6 Å². The Labute approximate surface area is 202 Å². The van der Waals surface area contributed by atoms with Gasteiger partial charge in [0.05, 0.1) is 14.6 Å². The second-order valence-electron chi connectivity index (χ2n) is 7.85. The number of nitriles is 1. The van der Waals surface area contributed by atoms with Gasteiger partial charge in [0, 0.05) is 29.4 Å². The number of thiophene rings is 1. The van der Waals surface area contributed by atoms with Crippen molar-refractivity contribution in [1.29, 1.82) is 5.26 Å². The molecule has 0 spiro atoms. The summed E-state index contributed by atoms with van der Waals surface area (Å²) in [7, 11) is 0. The van der Waals surface area contributed by atoms with Crippen LogP contribution in [0.2, 0.25) is 0 Å². The molecule has 0 aliphatic heterocycles. The average molecular weight is 470 g/mol. The van der Waals surface area contributed by atoms with Gasteiger partial charge in [-0.05, 0) is 34.7 Å². The quantitative estimate of drug-likeness (QED) is 0.320. The Bertz CT molecular complexity index is 1310. The van der Waals surface area contributed by atoms with Crippen molar-refractivity contribution in [3.8, 4) is 17.2 Å². The van der Waals surface area contributed by atoms with Crippen LogP contribution in [-0.2, 0) is 6.54 Å². The first-order chi connectivity index (χ1) is 16.0. The van der Waals surface area contributed by atoms with Gasteiger partial charge in [0.2, 0.25) is 0 Å². The summed E-state index contributed by atoms with van der Waals surface area (Å²) >= 11 is 2.80. The van der Waals surface area contributed by atoms with Crippen molar-refractivity contribution in [3.63, 3.8) is 0 Å². The summed E-state index contributed by atoms with van der Waals surface area (Å²) in [6.07, 6.45) is 3.66. The van der Waals surface area contributed by atoms with Gasteiger partial charge in [-0.3, -0.25) is 9.78 Å². The van der Waals surface area contributed by atoms with Crippen molar-refractivity contribution >= 4 is 29.0 Å². The highest BCUT2D eigenvalue weighted by molar-refractivity contribution is 8.01. The van der Waals surface area contributed by atoms with Gasteiger partial charge in [-0.2, -0.15) is 5.26 Å². The van der Waals surface area contributed by atoms with E-state index < -0.39 is 0 Å². The first-order valence-corrected chi connectivity index (χ1v) is 12.3. The van der Waals surface area contributed by atoms with E-state index in [0.29, 0.717) is 22.9 Å². The van der Waals surface area contributed by atoms with Gasteiger partial charge in [-0.25, -0.2) is 0 Å². The SMILES string of the molecule is CC(C)c1ccccc1-c1cncc(Sc2sc(C(=O)NCc3ccccc3)cc2C#N)c1. The second-order valence-corrected chi connectivity index (χ2v) is 10.2. The minimum absolute atomic E-state index is 0.176. The number of hydrogen-bond donors (Lipinski definition) is 1. The van der Waals surface area contributed by atoms with Crippen LogP contribution in [0.25, 0.3) is 11.1 Å². The lowest BCUT2D eigenvalue weighted by molar-refractivity contribution is 0.0955. The van der Waals surface area contributed by atoms with Gasteiger partial charge in [-0.15, -0.1) is 11.3 Å². The van der Waals surface area contributed by atoms with Gasteiger partial charge in [-0.1, -0.05) is 80.2 Å². The smallest absolute Gasteiger partial charge is 0.261 e. The van der Waals surface area contributed by atoms with Crippen LogP contribution in [0, 0.1) is 11.3 Å². The van der Waals surface area contributed by atoms with Crippen molar-refractivity contribution < 1.29 is 4.79 Å². The molecule has 0 aliphatic carbocycles. The summed E-state index contributed by atoms with van der Waals surface area (Å²) in [5.74, 6) is 0.224. The number of nitrogens with zero attached hydrogens (tertiary/aromatic N) is 2. The maximum absolute atomic E-state index is 12.7. The highest BCUT2D eigenvalue weighted by atomic mass is 32.2. The molecule has 0 bridgehead atoms. The molecule has 0 atom stereocenters. The van der Waals surface area contributed by atoms with Gasteiger partial charge in [0.25, 0.3) is 5.91 Å². The highest BCUT2D eigenvalue weighted by Gasteiger charge is 2.16. The summed E-state index contributed by atoms with van der Waals surface area (Å²) in [6.45, 7) is 4.81. The van der Waals surface area contributed by atoms with Crippen LogP contribution in [0.1, 0.15) is 46.1 Å². The predicted octanol–water partition coefficient (Wildman–Crippen LogP) is 6.89. The zero-order valence-electron chi connectivity index (χ0n) is 18.4. The highest BCUT2D eigenvalue weighted by Crippen LogP contribution is 2.38. The molecule has 2 aromatic heterocycles. The number of rotatable bonds is 7. The van der Waals surface area contributed by atoms with Crippen LogP contribution >= 0.6 is 23.1 Å². The number of amides is 1. The lowest BCUT2D eigenvalue weighted by Crippen LogP contribution is -2.21. The molecule has 2 aromatic carbocycles. The molecule has 1 amide bonds. The fraction of sp³-hybridized carbons (Fsp3) is 0.148. The van der Waals surface area contributed by atoms with Gasteiger partial charge in [0.15, 0.2) is 0 Å². The van der Waals surface area contributed by atoms with E-state index in [9.17, 15) is 10.1 Å². The zero-order chi connectivity index (χ0) is 23.2. The third-order valence-electron chi connectivity index (χ3n) is 5.16. The summed E-state index contributed by atoms with van der Waals surface area (Å²) in [4.78, 5) is 18.6. The van der Waals surface area contributed by atoms with Gasteiger partial charge < -0.3 is 5.32 Å². The molecule has 0 saturated heterocycles. The third kappa shape index (κ3) is 5.51. The molecule has 0 unspecified atom stereocenters. The molecular formula is C27H23N3OS2. The Morgan fingerprint density at radius 3 is 2.61 bits per heavy atom. The molecular weight excluding hydrogens is 446 g/mol. The number of carbonyl (C=O) groups is 1. The predicted molar refractivity (Wildman–Crippen MR) is 135 cm³/mol. The average Bonchev–Trinajstić information content (AvgIpc) is 3.26. The van der Waals surface area contributed by atoms with Crippen LogP contribution in [0.15, 0.2) is 88.2 Å². The fourth-order valence-corrected chi connectivity index (χ4v) is 5.71. The van der Waals surface area contributed by atoms with Crippen LogP contribution < -0.4 is 5.32 Å². The van der Waals surface area contributed by atoms with E-state index in [4.69, 9.17) is 0 Å². The van der Waals surface area contributed by atoms with Crippen LogP contribution in [0.4, 0.5) is 0 Å². The third-order valence-corrected chi connectivity index (χ3v) is 7.45. The Hall–Kier alpha value is -3.40. The fourth-order valence-electron chi connectivity index (χ4n) is 3.50. The Morgan fingerprint density at radius 1 is 1.09 bits per heavy atom. The van der Waals surface area contributed by atoms with Crippen molar-refractivity contribution in [2.45, 2.75) is 35.4 Å². The maximum atomic E-state index is 12.7. The standard InChI is InChI=1S/C27H23N3OS2/c1-18(2)23-10-6-7-11-24(23)21-12-22(17-29-16-21)32-27-20(14-28)13-25(33-27)26(31)30-15-19-8-4-3-5-9-19/h3-13,16-18H,15H2,1-2H3,(H,30,31). The molecule has 4 rings (SSSR count). The van der Waals surface area contributed by atoms with Crippen LogP contribution in [0.3, 0.4) is 0 Å². The molecule has 0 fully saturated rings. The minimum Gasteiger partial charge on any atom is -0.347 e. The molecule has 164 valence electrons. The number of nitrogens with one attached hydrogen (secondary N) is 1. The monoisotopic (exact) mass is 469 g/mol. The summed E-state index contributed by atoms with van der Waals surface area (Å²) < 4.78 is 0.790. The summed E-state index contributed by atoms with van der Waals surface area (Å²) in [5, 5.41) is 12.6. The molecule has 4 aromatic rings. The van der Waals surface area contributed by atoms with Crippen molar-refractivity contribution in [1.82, 2.24) is 10.3 Å². The Balaban J connectivity index is 1.54. The van der Waals surface area contributed by atoms with E-state index in [1.165, 1.54) is 28.7 Å². The zero-order valence-corrected chi connectivity index (χ0v) is 20.0. The number of pyridine rings is 1. The minimum atomic E-state index is -0.176. The largest absolute Gasteiger partial charge is 0.347 e. The van der Waals surface area contributed by atoms with Crippen LogP contribution in [0.5, 0.6) is 0 Å². The lowest BCUT2D eigenvalue weighted by Gasteiger charge is -2.13. The van der Waals surface area contributed by atoms with Crippen molar-refractivity contribution in [2.75, 3.05) is 0 Å². The topological polar surface area (TPSA) is 65.8 Å². The van der Waals surface area contributed by atoms with Crippen molar-refractivity contribution in [2.24, 2.45) is 0 Å². The normalized spacial score (nSPS) is 10.7. The number of carbonyl (C=O) groups excluding carboxylic acids is 1. The van der Waals surface area contributed by atoms with E-state index in [-0.39, 0.29) is 5.91 Å². The van der Waals surface area contributed by atoms with E-state index >= 15 is 0 Å². The Morgan fingerprint density at radius 2 is 1.85 bits per heavy atom. The number of hydrogen-bond acceptors (Lipinski definition) is 5. The van der Waals surface area contributed by atoms with Gasteiger partial charge >= 0.3 is 0 Å². The molecule has 0 aliphatic rings. The maximum Gasteiger partial charge on any atom is 0.261 e. The van der Waals surface area contributed by atoms with Crippen molar-refractivity contribution in [3.05, 3.63) is 101 Å². The molecule has 33 heavy (non-hydrogen) atoms. The summed E-state index contributed by atoms with van der Waals surface area (Å²) in [5.41, 5.74) is 5.01. The van der Waals surface area contributed by atoms with Crippen LogP contribution in [-0.4, -0.2) is 10.9 Å². The number of benzene rings is 2. The molecule has 6 heteroatoms. The second kappa shape index (κ2) is 10.5. The van der Waals surface area contributed by atoms with E-state index in [2.05, 4.69) is 54.5 Å². The molecule has 1 N–H and O–H groups in total. The van der Waals surface area contributed by atoms with E-state index in [0.717, 1.165) is 25.8 Å². The first-order valence-electron chi connectivity index (χ1n) is 10.6. The molecule has 0 radical (unpaired) electrons. The molecule has 0 saturated carbocycles. The molecule has 4 nitrogen and oxygen atoms in total. The lowest BCUT2D eigenvalue weighted by atomic mass is 9.93. The van der Waals surface area contributed by atoms with E-state index in [1.54, 1.807) is 12.3 Å². The first kappa shape index (κ1) is 22.8. The van der Waals surface area contributed by atoms with Gasteiger partial charge in [0.1, 0.15) is 6.07 Å². The number of aromatic nitrogens is 1. The summed E-state index contributed by atoms with van der Waals surface area (Å²) in [6, 6.07) is 24.1. The molecule has 2 heterocycles. The Kier molecular flexibility index (Phi) is 7.23.